The van der Waals surface area contributed by atoms with Crippen LogP contribution in [-0.2, 0) is 0 Å². The van der Waals surface area contributed by atoms with Crippen molar-refractivity contribution >= 4 is 0 Å². The third-order valence-electron chi connectivity index (χ3n) is 4.47. The molecule has 0 nitrogen and oxygen atoms in total. The van der Waals surface area contributed by atoms with Crippen LogP contribution in [0.2, 0.25) is 0 Å². The van der Waals surface area contributed by atoms with Gasteiger partial charge in [0.15, 0.2) is 0 Å². The van der Waals surface area contributed by atoms with Gasteiger partial charge < -0.3 is 0 Å². The van der Waals surface area contributed by atoms with E-state index in [2.05, 4.69) is 27.7 Å². The van der Waals surface area contributed by atoms with Crippen molar-refractivity contribution in [1.82, 2.24) is 0 Å². The second kappa shape index (κ2) is 9.07. The van der Waals surface area contributed by atoms with Gasteiger partial charge in [0.2, 0.25) is 0 Å². The Bertz CT molecular complexity index is 136. The Labute approximate surface area is 104 Å². The quantitative estimate of drug-likeness (QED) is 0.559. The zero-order valence-electron chi connectivity index (χ0n) is 12.6. The molecule has 0 heteroatoms. The molecule has 1 fully saturated rings. The summed E-state index contributed by atoms with van der Waals surface area (Å²) < 4.78 is 0. The van der Waals surface area contributed by atoms with E-state index in [9.17, 15) is 0 Å². The summed E-state index contributed by atoms with van der Waals surface area (Å²) in [6.45, 7) is 13.5. The maximum absolute atomic E-state index is 2.39. The van der Waals surface area contributed by atoms with Crippen LogP contribution >= 0.6 is 0 Å². The average Bonchev–Trinajstić information content (AvgIpc) is 2.34. The second-order valence-corrected chi connectivity index (χ2v) is 5.50. The van der Waals surface area contributed by atoms with E-state index in [1.807, 2.05) is 13.8 Å². The Morgan fingerprint density at radius 2 is 1.19 bits per heavy atom. The van der Waals surface area contributed by atoms with Crippen LogP contribution in [0.4, 0.5) is 0 Å². The average molecular weight is 226 g/mol. The lowest BCUT2D eigenvalue weighted by Gasteiger charge is -2.34. The molecule has 1 rings (SSSR count). The van der Waals surface area contributed by atoms with E-state index < -0.39 is 0 Å². The molecule has 0 bridgehead atoms. The summed E-state index contributed by atoms with van der Waals surface area (Å²) in [6, 6.07) is 0. The molecule has 0 unspecified atom stereocenters. The van der Waals surface area contributed by atoms with E-state index >= 15 is 0 Å². The second-order valence-electron chi connectivity index (χ2n) is 5.50. The molecule has 1 aliphatic rings. The maximum atomic E-state index is 2.39. The highest BCUT2D eigenvalue weighted by molar-refractivity contribution is 4.78. The van der Waals surface area contributed by atoms with Crippen LogP contribution in [0.1, 0.15) is 80.1 Å². The van der Waals surface area contributed by atoms with Gasteiger partial charge in [-0.1, -0.05) is 54.4 Å². The summed E-state index contributed by atoms with van der Waals surface area (Å²) >= 11 is 0. The van der Waals surface area contributed by atoms with Gasteiger partial charge >= 0.3 is 0 Å². The molecular formula is C16H34. The van der Waals surface area contributed by atoms with Crippen LogP contribution in [0.3, 0.4) is 0 Å². The molecule has 0 radical (unpaired) electrons. The lowest BCUT2D eigenvalue weighted by Crippen LogP contribution is -2.23. The highest BCUT2D eigenvalue weighted by atomic mass is 14.3. The SMILES string of the molecule is CC.CCC(CC)C1CCC(C(C)C)CC1. The minimum absolute atomic E-state index is 0.914. The Hall–Kier alpha value is 0. The minimum Gasteiger partial charge on any atom is -0.0683 e. The molecule has 1 aliphatic carbocycles. The summed E-state index contributed by atoms with van der Waals surface area (Å²) in [4.78, 5) is 0. The van der Waals surface area contributed by atoms with Crippen molar-refractivity contribution in [1.29, 1.82) is 0 Å². The van der Waals surface area contributed by atoms with E-state index in [1.54, 1.807) is 0 Å². The zero-order chi connectivity index (χ0) is 12.6. The molecule has 0 saturated heterocycles. The van der Waals surface area contributed by atoms with Crippen molar-refractivity contribution in [3.63, 3.8) is 0 Å². The van der Waals surface area contributed by atoms with Gasteiger partial charge in [0.1, 0.15) is 0 Å². The largest absolute Gasteiger partial charge is 0.0683 e. The smallest absolute Gasteiger partial charge is 0.0386 e. The molecule has 0 aromatic carbocycles. The first-order valence-corrected chi connectivity index (χ1v) is 7.69. The maximum Gasteiger partial charge on any atom is -0.0386 e. The fourth-order valence-electron chi connectivity index (χ4n) is 3.24. The van der Waals surface area contributed by atoms with E-state index in [0.29, 0.717) is 0 Å². The van der Waals surface area contributed by atoms with Gasteiger partial charge in [0.05, 0.1) is 0 Å². The molecule has 16 heavy (non-hydrogen) atoms. The molecule has 98 valence electrons. The highest BCUT2D eigenvalue weighted by Gasteiger charge is 2.26. The van der Waals surface area contributed by atoms with Crippen molar-refractivity contribution in [3.05, 3.63) is 0 Å². The minimum atomic E-state index is 0.914. The predicted molar refractivity (Wildman–Crippen MR) is 75.7 cm³/mol. The van der Waals surface area contributed by atoms with Gasteiger partial charge in [0.25, 0.3) is 0 Å². The lowest BCUT2D eigenvalue weighted by molar-refractivity contribution is 0.168. The number of rotatable bonds is 4. The van der Waals surface area contributed by atoms with Crippen molar-refractivity contribution in [2.45, 2.75) is 80.1 Å². The van der Waals surface area contributed by atoms with Gasteiger partial charge in [-0.05, 0) is 49.4 Å². The fraction of sp³-hybridized carbons (Fsp3) is 1.00. The molecule has 0 N–H and O–H groups in total. The highest BCUT2D eigenvalue weighted by Crippen LogP contribution is 2.38. The van der Waals surface area contributed by atoms with Crippen molar-refractivity contribution in [2.24, 2.45) is 23.7 Å². The van der Waals surface area contributed by atoms with Crippen LogP contribution in [0.15, 0.2) is 0 Å². The third kappa shape index (κ3) is 4.89. The van der Waals surface area contributed by atoms with Crippen LogP contribution in [0.5, 0.6) is 0 Å². The number of hydrogen-bond donors (Lipinski definition) is 0. The lowest BCUT2D eigenvalue weighted by atomic mass is 9.71. The molecule has 0 aliphatic heterocycles. The van der Waals surface area contributed by atoms with Gasteiger partial charge in [0, 0.05) is 0 Å². The van der Waals surface area contributed by atoms with Crippen molar-refractivity contribution < 1.29 is 0 Å². The number of hydrogen-bond acceptors (Lipinski definition) is 0. The molecule has 0 heterocycles. The normalized spacial score (nSPS) is 25.5. The van der Waals surface area contributed by atoms with E-state index in [4.69, 9.17) is 0 Å². The van der Waals surface area contributed by atoms with Gasteiger partial charge in [-0.3, -0.25) is 0 Å². The van der Waals surface area contributed by atoms with Crippen LogP contribution < -0.4 is 0 Å². The monoisotopic (exact) mass is 226 g/mol. The van der Waals surface area contributed by atoms with E-state index in [-0.39, 0.29) is 0 Å². The first-order valence-electron chi connectivity index (χ1n) is 7.69. The Morgan fingerprint density at radius 3 is 1.50 bits per heavy atom. The predicted octanol–water partition coefficient (Wildman–Crippen LogP) is 5.91. The Balaban J connectivity index is 0.00000106. The van der Waals surface area contributed by atoms with Crippen LogP contribution in [0.25, 0.3) is 0 Å². The molecule has 0 spiro atoms. The molecule has 0 aromatic heterocycles. The van der Waals surface area contributed by atoms with Crippen molar-refractivity contribution in [3.8, 4) is 0 Å². The first-order chi connectivity index (χ1) is 7.69. The third-order valence-corrected chi connectivity index (χ3v) is 4.47. The van der Waals surface area contributed by atoms with Crippen LogP contribution in [-0.4, -0.2) is 0 Å². The summed E-state index contributed by atoms with van der Waals surface area (Å²) in [6.07, 6.45) is 8.81. The molecule has 1 saturated carbocycles. The summed E-state index contributed by atoms with van der Waals surface area (Å²) in [5.74, 6) is 4.02. The fourth-order valence-corrected chi connectivity index (χ4v) is 3.24. The van der Waals surface area contributed by atoms with E-state index in [1.165, 1.54) is 38.5 Å². The summed E-state index contributed by atoms with van der Waals surface area (Å²) in [5.41, 5.74) is 0. The van der Waals surface area contributed by atoms with Crippen LogP contribution in [0, 0.1) is 23.7 Å². The van der Waals surface area contributed by atoms with Crippen molar-refractivity contribution in [2.75, 3.05) is 0 Å². The Kier molecular flexibility index (Phi) is 9.07. The molecule has 0 amide bonds. The van der Waals surface area contributed by atoms with Gasteiger partial charge in [-0.25, -0.2) is 0 Å². The first kappa shape index (κ1) is 16.0. The molecule has 0 atom stereocenters. The summed E-state index contributed by atoms with van der Waals surface area (Å²) in [7, 11) is 0. The van der Waals surface area contributed by atoms with Gasteiger partial charge in [-0.15, -0.1) is 0 Å². The summed E-state index contributed by atoms with van der Waals surface area (Å²) in [5, 5.41) is 0. The zero-order valence-corrected chi connectivity index (χ0v) is 12.6. The molecular weight excluding hydrogens is 192 g/mol. The van der Waals surface area contributed by atoms with Gasteiger partial charge in [-0.2, -0.15) is 0 Å². The Morgan fingerprint density at radius 1 is 0.812 bits per heavy atom. The molecule has 0 aromatic rings. The topological polar surface area (TPSA) is 0 Å². The van der Waals surface area contributed by atoms with E-state index in [0.717, 1.165) is 23.7 Å². The standard InChI is InChI=1S/C14H28.C2H6/c1-5-12(6-2)14-9-7-13(8-10-14)11(3)4;1-2/h11-14H,5-10H2,1-4H3;1-2H3.